The molecule has 24 aliphatic carbocycles. The lowest BCUT2D eigenvalue weighted by Gasteiger charge is -2.43. The molecule has 40 atom stereocenters. The second-order valence-electron chi connectivity index (χ2n) is 25.1. The molecule has 0 amide bonds. The van der Waals surface area contributed by atoms with Crippen molar-refractivity contribution >= 4 is 0 Å². The quantitative estimate of drug-likeness (QED) is 0.402. The first-order valence-corrected chi connectivity index (χ1v) is 22.1. The molecule has 0 saturated heterocycles. The van der Waals surface area contributed by atoms with Gasteiger partial charge < -0.3 is 0 Å². The highest BCUT2D eigenvalue weighted by molar-refractivity contribution is 5.57. The first-order chi connectivity index (χ1) is 22.9. The Balaban J connectivity index is 0.792. The summed E-state index contributed by atoms with van der Waals surface area (Å²) in [4.78, 5) is 0. The Kier molecular flexibility index (Phi) is 1.92. The largest absolute Gasteiger partial charge is 0.0582 e. The molecule has 1 aromatic carbocycles. The van der Waals surface area contributed by atoms with E-state index in [1.165, 1.54) is 225 Å². The van der Waals surface area contributed by atoms with Crippen molar-refractivity contribution in [3.05, 3.63) is 35.4 Å². The Labute approximate surface area is 270 Å². The van der Waals surface area contributed by atoms with Crippen LogP contribution < -0.4 is 0 Å². The summed E-state index contributed by atoms with van der Waals surface area (Å²) in [5.41, 5.74) is 5.40. The molecule has 0 spiro atoms. The van der Waals surface area contributed by atoms with E-state index >= 15 is 0 Å². The molecule has 24 aliphatic rings. The van der Waals surface area contributed by atoms with Gasteiger partial charge in [0, 0.05) is 10.8 Å². The average Bonchev–Trinajstić information content (AvgIpc) is 3.78. The molecule has 25 rings (SSSR count). The zero-order chi connectivity index (χ0) is 26.9. The summed E-state index contributed by atoms with van der Waals surface area (Å²) in [5.74, 6) is 47.1. The Hall–Kier alpha value is -0.780. The molecule has 0 nitrogen and oxygen atoms in total. The van der Waals surface area contributed by atoms with Crippen molar-refractivity contribution in [2.24, 2.45) is 225 Å². The Bertz CT molecular complexity index is 1650. The van der Waals surface area contributed by atoms with E-state index in [1.54, 1.807) is 0 Å². The maximum atomic E-state index is 3.01. The lowest BCUT2D eigenvalue weighted by Crippen LogP contribution is -2.41. The zero-order valence-electron chi connectivity index (χ0n) is 26.2. The smallest absolute Gasteiger partial charge is 0.00547 e. The Morgan fingerprint density at radius 3 is 0.478 bits per heavy atom. The molecule has 0 heteroatoms. The summed E-state index contributed by atoms with van der Waals surface area (Å²) in [6.07, 6.45) is 0. The standard InChI is InChI=1S/C46H42/c1-2-6(46-42-33-21-12-8-13-23(21)35(42)37-25(13)26-14(8)24-22(12)34(33)43(46)36(24)38(26)44(37)46)4-3-5(1)45-39-27-15-9-7-10-17(15)29(39)31-19(10)20-11(7)18-16(9)28(27)40(45)30(18)32(20)41(31)45/h1-4,7-44H/t7?,8?,9?,10?,11?,12?,13?,14?,15-,16-,17-,18+,19+,20+,21-,22-,23-,24+,25+,26+,27-,28+,29-,30+,31+,32-,33-,34+,35+,36+,37-,38-,39?,40?,41?,42?,43?,44?,45?,46?/m0/s1. The van der Waals surface area contributed by atoms with Crippen molar-refractivity contribution in [3.8, 4) is 0 Å². The van der Waals surface area contributed by atoms with Gasteiger partial charge in [0.1, 0.15) is 0 Å². The van der Waals surface area contributed by atoms with Crippen LogP contribution in [-0.4, -0.2) is 0 Å². The second-order valence-corrected chi connectivity index (χ2v) is 25.1. The predicted molar refractivity (Wildman–Crippen MR) is 162 cm³/mol. The highest BCUT2D eigenvalue weighted by atomic mass is 15.1. The van der Waals surface area contributed by atoms with Gasteiger partial charge in [0.2, 0.25) is 0 Å². The third kappa shape index (κ3) is 1.03. The molecule has 0 N–H and O–H groups in total. The van der Waals surface area contributed by atoms with Crippen molar-refractivity contribution in [2.45, 2.75) is 10.8 Å². The first kappa shape index (κ1) is 19.6. The van der Waals surface area contributed by atoms with Crippen LogP contribution in [0.1, 0.15) is 11.1 Å². The van der Waals surface area contributed by atoms with Crippen LogP contribution >= 0.6 is 0 Å². The third-order valence-corrected chi connectivity index (χ3v) is 28.8. The van der Waals surface area contributed by atoms with Gasteiger partial charge in [-0.25, -0.2) is 0 Å². The number of benzene rings is 1. The van der Waals surface area contributed by atoms with Crippen molar-refractivity contribution < 1.29 is 0 Å². The summed E-state index contributed by atoms with van der Waals surface area (Å²) < 4.78 is 0. The highest BCUT2D eigenvalue weighted by Crippen LogP contribution is 3.06. The van der Waals surface area contributed by atoms with E-state index in [0.29, 0.717) is 10.8 Å². The molecule has 24 fully saturated rings. The van der Waals surface area contributed by atoms with Crippen LogP contribution in [0.2, 0.25) is 0 Å². The molecule has 0 heterocycles. The molecule has 0 bridgehead atoms. The summed E-state index contributed by atoms with van der Waals surface area (Å²) >= 11 is 0. The predicted octanol–water partition coefficient (Wildman–Crippen LogP) is 5.88. The molecule has 0 aromatic heterocycles. The molecule has 0 aliphatic heterocycles. The van der Waals surface area contributed by atoms with Crippen molar-refractivity contribution in [1.29, 1.82) is 0 Å². The van der Waals surface area contributed by atoms with Crippen molar-refractivity contribution in [3.63, 3.8) is 0 Å². The molecule has 226 valence electrons. The SMILES string of the molecule is c1cc(C23C4[C@@H]5[C@@H]6C7C8C9[C@@H]%10[C@@H]7[C@@H]5C2[C@H]%10[C@H]2C3[C@H]3[C@@H](C8[C@@H]6[C@@H]43)[C@H]92)ccc1C12C3[C@@H]4[C@@H]5C6C7C8[C@@H]9[C@@H]6[C@@H]4C1[C@@H]9[C@@H]1C2[C@H]2[C@@H](C7[C@@H]5[C@@H]32)[C@H]81. The van der Waals surface area contributed by atoms with Gasteiger partial charge in [-0.05, 0) is 236 Å². The Morgan fingerprint density at radius 1 is 0.196 bits per heavy atom. The summed E-state index contributed by atoms with van der Waals surface area (Å²) in [6, 6.07) is 12.0. The van der Waals surface area contributed by atoms with Crippen molar-refractivity contribution in [1.82, 2.24) is 0 Å². The Morgan fingerprint density at radius 2 is 0.326 bits per heavy atom. The molecule has 0 radical (unpaired) electrons. The van der Waals surface area contributed by atoms with Gasteiger partial charge in [-0.3, -0.25) is 0 Å². The van der Waals surface area contributed by atoms with Gasteiger partial charge in [-0.15, -0.1) is 0 Å². The monoisotopic (exact) mass is 594 g/mol. The lowest BCUT2D eigenvalue weighted by molar-refractivity contribution is 0.158. The van der Waals surface area contributed by atoms with E-state index in [0.717, 1.165) is 0 Å². The van der Waals surface area contributed by atoms with Gasteiger partial charge in [0.15, 0.2) is 0 Å². The molecule has 24 saturated carbocycles. The molecular formula is C46H42. The zero-order valence-corrected chi connectivity index (χ0v) is 26.2. The van der Waals surface area contributed by atoms with E-state index in [4.69, 9.17) is 0 Å². The highest BCUT2D eigenvalue weighted by Gasteiger charge is 3.04. The first-order valence-electron chi connectivity index (χ1n) is 22.1. The molecule has 46 heavy (non-hydrogen) atoms. The van der Waals surface area contributed by atoms with Crippen molar-refractivity contribution in [2.75, 3.05) is 0 Å². The average molecular weight is 595 g/mol. The minimum Gasteiger partial charge on any atom is -0.0582 e. The topological polar surface area (TPSA) is 0 Å². The summed E-state index contributed by atoms with van der Waals surface area (Å²) in [5, 5.41) is 0. The van der Waals surface area contributed by atoms with E-state index in [2.05, 4.69) is 24.3 Å². The third-order valence-electron chi connectivity index (χ3n) is 28.8. The van der Waals surface area contributed by atoms with Gasteiger partial charge >= 0.3 is 0 Å². The van der Waals surface area contributed by atoms with Crippen LogP contribution in [0.3, 0.4) is 0 Å². The van der Waals surface area contributed by atoms with Gasteiger partial charge in [0.05, 0.1) is 0 Å². The van der Waals surface area contributed by atoms with Gasteiger partial charge in [0.25, 0.3) is 0 Å². The maximum Gasteiger partial charge on any atom is 0.00547 e. The van der Waals surface area contributed by atoms with Crippen LogP contribution in [0.5, 0.6) is 0 Å². The molecule has 16 unspecified atom stereocenters. The van der Waals surface area contributed by atoms with E-state index < -0.39 is 0 Å². The summed E-state index contributed by atoms with van der Waals surface area (Å²) in [7, 11) is 0. The summed E-state index contributed by atoms with van der Waals surface area (Å²) in [6.45, 7) is 0. The van der Waals surface area contributed by atoms with E-state index in [1.807, 2.05) is 11.1 Å². The van der Waals surface area contributed by atoms with Gasteiger partial charge in [-0.1, -0.05) is 24.3 Å². The van der Waals surface area contributed by atoms with Crippen LogP contribution in [0.4, 0.5) is 0 Å². The fourth-order valence-corrected chi connectivity index (χ4v) is 33.1. The van der Waals surface area contributed by atoms with Crippen LogP contribution in [0.25, 0.3) is 0 Å². The fourth-order valence-electron chi connectivity index (χ4n) is 33.1. The van der Waals surface area contributed by atoms with Crippen LogP contribution in [-0.2, 0) is 10.8 Å². The number of hydrogen-bond donors (Lipinski definition) is 0. The molecular weight excluding hydrogens is 553 g/mol. The minimum absolute atomic E-state index is 0.685. The van der Waals surface area contributed by atoms with E-state index in [9.17, 15) is 0 Å². The van der Waals surface area contributed by atoms with Crippen LogP contribution in [0.15, 0.2) is 24.3 Å². The minimum atomic E-state index is 0.685. The lowest BCUT2D eigenvalue weighted by atomic mass is 9.61. The number of rotatable bonds is 2. The maximum absolute atomic E-state index is 3.01. The molecule has 1 aromatic rings. The van der Waals surface area contributed by atoms with Gasteiger partial charge in [-0.2, -0.15) is 0 Å². The second kappa shape index (κ2) is 4.52. The van der Waals surface area contributed by atoms with Crippen LogP contribution in [0, 0.1) is 225 Å². The van der Waals surface area contributed by atoms with E-state index in [-0.39, 0.29) is 0 Å². The normalized spacial score (nSPS) is 99.0. The fraction of sp³-hybridized carbons (Fsp3) is 0.870. The number of hydrogen-bond acceptors (Lipinski definition) is 0.